The highest BCUT2D eigenvalue weighted by Gasteiger charge is 2.01. The monoisotopic (exact) mass is 161 g/mol. The molecule has 1 atom stereocenters. The van der Waals surface area contributed by atoms with E-state index in [1.807, 2.05) is 19.1 Å². The molecule has 0 aliphatic carbocycles. The summed E-state index contributed by atoms with van der Waals surface area (Å²) in [5, 5.41) is 0. The molecule has 0 radical (unpaired) electrons. The number of pyridine rings is 1. The van der Waals surface area contributed by atoms with Crippen LogP contribution in [0.25, 0.3) is 0 Å². The number of nitrogens with zero attached hydrogens (tertiary/aromatic N) is 2. The van der Waals surface area contributed by atoms with E-state index in [2.05, 4.69) is 22.4 Å². The van der Waals surface area contributed by atoms with Gasteiger partial charge in [-0.15, -0.1) is 0 Å². The van der Waals surface area contributed by atoms with Gasteiger partial charge < -0.3 is 5.73 Å². The van der Waals surface area contributed by atoms with Gasteiger partial charge in [0.25, 0.3) is 0 Å². The van der Waals surface area contributed by atoms with Crippen LogP contribution in [0.3, 0.4) is 0 Å². The molecule has 3 nitrogen and oxygen atoms in total. The van der Waals surface area contributed by atoms with Crippen LogP contribution in [0, 0.1) is 6.92 Å². The molecule has 0 bridgehead atoms. The summed E-state index contributed by atoms with van der Waals surface area (Å²) in [5.74, 6) is 2.42. The van der Waals surface area contributed by atoms with E-state index in [0.717, 1.165) is 11.3 Å². The minimum absolute atomic E-state index is 0.371. The first kappa shape index (κ1) is 8.65. The smallest absolute Gasteiger partial charge is 0.132 e. The van der Waals surface area contributed by atoms with Gasteiger partial charge in [-0.2, -0.15) is 0 Å². The molecule has 1 aromatic rings. The maximum atomic E-state index is 5.68. The zero-order valence-corrected chi connectivity index (χ0v) is 6.99. The third kappa shape index (κ3) is 2.02. The van der Waals surface area contributed by atoms with Crippen LogP contribution in [0.15, 0.2) is 29.9 Å². The van der Waals surface area contributed by atoms with E-state index in [-0.39, 0.29) is 6.17 Å². The van der Waals surface area contributed by atoms with Crippen LogP contribution in [0.5, 0.6) is 0 Å². The predicted octanol–water partition coefficient (Wildman–Crippen LogP) is 1.20. The van der Waals surface area contributed by atoms with Crippen LogP contribution >= 0.6 is 0 Å². The number of hydrogen-bond donors (Lipinski definition) is 1. The molecule has 2 N–H and O–H groups in total. The van der Waals surface area contributed by atoms with Crippen molar-refractivity contribution in [1.82, 2.24) is 4.98 Å². The van der Waals surface area contributed by atoms with Crippen LogP contribution in [0.1, 0.15) is 17.4 Å². The molecule has 1 heterocycles. The lowest BCUT2D eigenvalue weighted by molar-refractivity contribution is 0.778. The summed E-state index contributed by atoms with van der Waals surface area (Å²) in [6, 6.07) is 3.73. The fourth-order valence-corrected chi connectivity index (χ4v) is 0.924. The van der Waals surface area contributed by atoms with Crippen molar-refractivity contribution in [3.63, 3.8) is 0 Å². The van der Waals surface area contributed by atoms with Gasteiger partial charge in [-0.3, -0.25) is 4.98 Å². The van der Waals surface area contributed by atoms with E-state index in [4.69, 9.17) is 5.73 Å². The summed E-state index contributed by atoms with van der Waals surface area (Å²) >= 11 is 0. The fraction of sp³-hybridized carbons (Fsp3) is 0.222. The van der Waals surface area contributed by atoms with Gasteiger partial charge in [-0.1, -0.05) is 0 Å². The van der Waals surface area contributed by atoms with Crippen LogP contribution in [-0.2, 0) is 0 Å². The molecule has 3 heteroatoms. The minimum atomic E-state index is -0.371. The van der Waals surface area contributed by atoms with Crippen molar-refractivity contribution in [2.75, 3.05) is 0 Å². The van der Waals surface area contributed by atoms with Crippen molar-refractivity contribution in [2.45, 2.75) is 13.1 Å². The number of aromatic nitrogens is 1. The molecule has 1 aromatic heterocycles. The molecule has 12 heavy (non-hydrogen) atoms. The zero-order valence-electron chi connectivity index (χ0n) is 6.99. The predicted molar refractivity (Wildman–Crippen MR) is 49.0 cm³/mol. The largest absolute Gasteiger partial charge is 0.305 e. The topological polar surface area (TPSA) is 51.3 Å². The van der Waals surface area contributed by atoms with E-state index in [1.54, 1.807) is 6.20 Å². The third-order valence-corrected chi connectivity index (χ3v) is 1.49. The number of nitrogens with two attached hydrogens (primary N) is 1. The second-order valence-electron chi connectivity index (χ2n) is 2.46. The molecule has 0 aliphatic rings. The maximum Gasteiger partial charge on any atom is 0.132 e. The van der Waals surface area contributed by atoms with Crippen molar-refractivity contribution in [3.05, 3.63) is 36.2 Å². The van der Waals surface area contributed by atoms with Crippen molar-refractivity contribution in [1.29, 1.82) is 0 Å². The molecule has 62 valence electrons. The summed E-state index contributed by atoms with van der Waals surface area (Å²) in [5.41, 5.74) is 7.54. The van der Waals surface area contributed by atoms with Crippen LogP contribution < -0.4 is 5.73 Å². The van der Waals surface area contributed by atoms with Crippen LogP contribution in [0.4, 0.5) is 0 Å². The molecular formula is C9H11N3. The lowest BCUT2D eigenvalue weighted by Gasteiger charge is -2.04. The standard InChI is InChI=1S/C9H11N3/c1-3-11-9(10)8-4-5-12-7(2)6-8/h4-6,9H,1,10H2,2H3. The fourth-order valence-electron chi connectivity index (χ4n) is 0.924. The first-order chi connectivity index (χ1) is 5.74. The minimum Gasteiger partial charge on any atom is -0.305 e. The molecule has 0 saturated carbocycles. The Kier molecular flexibility index (Phi) is 2.75. The molecular weight excluding hydrogens is 150 g/mol. The summed E-state index contributed by atoms with van der Waals surface area (Å²) in [7, 11) is 0. The Morgan fingerprint density at radius 2 is 2.50 bits per heavy atom. The van der Waals surface area contributed by atoms with E-state index >= 15 is 0 Å². The average Bonchev–Trinajstić information content (AvgIpc) is 2.05. The molecule has 0 aliphatic heterocycles. The Balaban J connectivity index is 2.94. The normalized spacial score (nSPS) is 11.8. The van der Waals surface area contributed by atoms with Crippen molar-refractivity contribution >= 4 is 5.87 Å². The zero-order chi connectivity index (χ0) is 8.97. The molecule has 0 aromatic carbocycles. The highest BCUT2D eigenvalue weighted by Crippen LogP contribution is 2.10. The van der Waals surface area contributed by atoms with E-state index in [1.165, 1.54) is 0 Å². The van der Waals surface area contributed by atoms with Crippen molar-refractivity contribution in [2.24, 2.45) is 10.7 Å². The molecule has 0 amide bonds. The Morgan fingerprint density at radius 1 is 1.75 bits per heavy atom. The van der Waals surface area contributed by atoms with Gasteiger partial charge in [0, 0.05) is 11.9 Å². The van der Waals surface area contributed by atoms with Gasteiger partial charge in [0.15, 0.2) is 0 Å². The Morgan fingerprint density at radius 3 is 3.08 bits per heavy atom. The summed E-state index contributed by atoms with van der Waals surface area (Å²) in [4.78, 5) is 7.87. The average molecular weight is 161 g/mol. The van der Waals surface area contributed by atoms with E-state index < -0.39 is 0 Å². The van der Waals surface area contributed by atoms with Crippen LogP contribution in [0.2, 0.25) is 0 Å². The number of aliphatic imine (C=N–C) groups is 1. The summed E-state index contributed by atoms with van der Waals surface area (Å²) < 4.78 is 0. The third-order valence-electron chi connectivity index (χ3n) is 1.49. The highest BCUT2D eigenvalue weighted by atomic mass is 14.9. The quantitative estimate of drug-likeness (QED) is 0.662. The maximum absolute atomic E-state index is 5.68. The SMILES string of the molecule is C=C=NC(N)c1ccnc(C)c1. The Bertz CT molecular complexity index is 313. The molecule has 0 fully saturated rings. The first-order valence-corrected chi connectivity index (χ1v) is 3.64. The second kappa shape index (κ2) is 3.81. The molecule has 1 unspecified atom stereocenters. The molecule has 1 rings (SSSR count). The van der Waals surface area contributed by atoms with Crippen molar-refractivity contribution in [3.8, 4) is 0 Å². The molecule has 0 spiro atoms. The Labute approximate surface area is 71.7 Å². The van der Waals surface area contributed by atoms with E-state index in [0.29, 0.717) is 0 Å². The highest BCUT2D eigenvalue weighted by molar-refractivity contribution is 5.47. The summed E-state index contributed by atoms with van der Waals surface area (Å²) in [6.45, 7) is 5.27. The van der Waals surface area contributed by atoms with Gasteiger partial charge in [-0.25, -0.2) is 4.99 Å². The number of hydrogen-bond acceptors (Lipinski definition) is 3. The Hall–Kier alpha value is -1.44. The van der Waals surface area contributed by atoms with Crippen LogP contribution in [-0.4, -0.2) is 10.9 Å². The lowest BCUT2D eigenvalue weighted by Crippen LogP contribution is -2.07. The van der Waals surface area contributed by atoms with Gasteiger partial charge >= 0.3 is 0 Å². The molecule has 0 saturated heterocycles. The second-order valence-corrected chi connectivity index (χ2v) is 2.46. The van der Waals surface area contributed by atoms with Gasteiger partial charge in [0.05, 0.1) is 0 Å². The lowest BCUT2D eigenvalue weighted by atomic mass is 10.2. The van der Waals surface area contributed by atoms with Gasteiger partial charge in [0.1, 0.15) is 6.17 Å². The van der Waals surface area contributed by atoms with Crippen molar-refractivity contribution < 1.29 is 0 Å². The van der Waals surface area contributed by atoms with Gasteiger partial charge in [-0.05, 0) is 37.1 Å². The van der Waals surface area contributed by atoms with E-state index in [9.17, 15) is 0 Å². The number of aryl methyl sites for hydroxylation is 1. The number of rotatable bonds is 2. The van der Waals surface area contributed by atoms with Gasteiger partial charge in [0.2, 0.25) is 0 Å². The summed E-state index contributed by atoms with van der Waals surface area (Å²) in [6.07, 6.45) is 1.34. The first-order valence-electron chi connectivity index (χ1n) is 3.64.